The van der Waals surface area contributed by atoms with Gasteiger partial charge in [-0.25, -0.2) is 0 Å². The Kier molecular flexibility index (Phi) is 4.10. The lowest BCUT2D eigenvalue weighted by Crippen LogP contribution is -2.50. The zero-order valence-electron chi connectivity index (χ0n) is 12.0. The van der Waals surface area contributed by atoms with Gasteiger partial charge < -0.3 is 15.1 Å². The number of nitrogens with zero attached hydrogens (tertiary/aromatic N) is 2. The molecule has 1 aliphatic heterocycles. The minimum Gasteiger partial charge on any atom is -0.372 e. The summed E-state index contributed by atoms with van der Waals surface area (Å²) < 4.78 is 5.55. The number of amides is 1. The molecule has 8 heteroatoms. The van der Waals surface area contributed by atoms with E-state index in [-0.39, 0.29) is 22.8 Å². The number of hydrogen-bond donors (Lipinski definition) is 2. The fraction of sp³-hybridized carbons (Fsp3) is 0.462. The Bertz CT molecular complexity index is 573. The van der Waals surface area contributed by atoms with E-state index >= 15 is 0 Å². The molecular formula is C13H18N4O4. The van der Waals surface area contributed by atoms with Crippen molar-refractivity contribution < 1.29 is 14.5 Å². The minimum absolute atomic E-state index is 0.166. The molecular weight excluding hydrogens is 276 g/mol. The molecule has 1 aromatic carbocycles. The van der Waals surface area contributed by atoms with Crippen LogP contribution in [0.2, 0.25) is 0 Å². The molecule has 0 unspecified atom stereocenters. The monoisotopic (exact) mass is 294 g/mol. The molecule has 0 saturated carbocycles. The quantitative estimate of drug-likeness (QED) is 0.491. The van der Waals surface area contributed by atoms with E-state index < -0.39 is 10.5 Å². The standard InChI is InChI=1S/C13H18N4O4/c1-13(2)8-16(5-6-21-13)12(18)9-3-4-10(15-14)11(7-9)17(19)20/h3-4,7,15H,5-6,8,14H2,1-2H3. The average molecular weight is 294 g/mol. The zero-order valence-corrected chi connectivity index (χ0v) is 12.0. The van der Waals surface area contributed by atoms with E-state index in [1.807, 2.05) is 13.8 Å². The second kappa shape index (κ2) is 5.66. The van der Waals surface area contributed by atoms with E-state index in [4.69, 9.17) is 10.6 Å². The third kappa shape index (κ3) is 3.29. The van der Waals surface area contributed by atoms with Crippen LogP contribution in [0.3, 0.4) is 0 Å². The van der Waals surface area contributed by atoms with Gasteiger partial charge in [0.15, 0.2) is 0 Å². The van der Waals surface area contributed by atoms with Crippen LogP contribution in [0, 0.1) is 10.1 Å². The van der Waals surface area contributed by atoms with E-state index in [0.717, 1.165) is 0 Å². The normalized spacial score (nSPS) is 17.4. The molecule has 0 bridgehead atoms. The van der Waals surface area contributed by atoms with Gasteiger partial charge in [-0.3, -0.25) is 20.8 Å². The summed E-state index contributed by atoms with van der Waals surface area (Å²) in [7, 11) is 0. The Morgan fingerprint density at radius 3 is 2.81 bits per heavy atom. The van der Waals surface area contributed by atoms with Crippen LogP contribution in [0.25, 0.3) is 0 Å². The largest absolute Gasteiger partial charge is 0.372 e. The summed E-state index contributed by atoms with van der Waals surface area (Å²) in [5.74, 6) is 4.97. The van der Waals surface area contributed by atoms with Gasteiger partial charge in [0.05, 0.1) is 17.1 Å². The third-order valence-corrected chi connectivity index (χ3v) is 3.31. The highest BCUT2D eigenvalue weighted by molar-refractivity contribution is 5.95. The molecule has 0 spiro atoms. The summed E-state index contributed by atoms with van der Waals surface area (Å²) in [6.45, 7) is 5.15. The van der Waals surface area contributed by atoms with E-state index in [9.17, 15) is 14.9 Å². The summed E-state index contributed by atoms with van der Waals surface area (Å²) in [6.07, 6.45) is 0. The number of rotatable bonds is 3. The number of ether oxygens (including phenoxy) is 1. The summed E-state index contributed by atoms with van der Waals surface area (Å²) in [4.78, 5) is 24.5. The highest BCUT2D eigenvalue weighted by Gasteiger charge is 2.31. The molecule has 0 atom stereocenters. The number of nitrogens with one attached hydrogen (secondary N) is 1. The van der Waals surface area contributed by atoms with E-state index in [1.54, 1.807) is 4.90 Å². The Labute approximate surface area is 122 Å². The van der Waals surface area contributed by atoms with Gasteiger partial charge in [-0.15, -0.1) is 0 Å². The van der Waals surface area contributed by atoms with Gasteiger partial charge in [-0.05, 0) is 26.0 Å². The van der Waals surface area contributed by atoms with Crippen LogP contribution < -0.4 is 11.3 Å². The number of morpholine rings is 1. The Balaban J connectivity index is 2.27. The molecule has 3 N–H and O–H groups in total. The molecule has 1 fully saturated rings. The summed E-state index contributed by atoms with van der Waals surface area (Å²) >= 11 is 0. The summed E-state index contributed by atoms with van der Waals surface area (Å²) in [5, 5.41) is 11.0. The molecule has 0 aliphatic carbocycles. The topological polar surface area (TPSA) is 111 Å². The van der Waals surface area contributed by atoms with E-state index in [1.165, 1.54) is 18.2 Å². The number of carbonyl (C=O) groups excluding carboxylic acids is 1. The van der Waals surface area contributed by atoms with Crippen LogP contribution >= 0.6 is 0 Å². The number of hydrogen-bond acceptors (Lipinski definition) is 6. The van der Waals surface area contributed by atoms with E-state index in [0.29, 0.717) is 19.7 Å². The molecule has 1 amide bonds. The highest BCUT2D eigenvalue weighted by atomic mass is 16.6. The molecule has 1 aliphatic rings. The van der Waals surface area contributed by atoms with Crippen LogP contribution in [-0.2, 0) is 4.74 Å². The first-order valence-electron chi connectivity index (χ1n) is 6.52. The van der Waals surface area contributed by atoms with Crippen molar-refractivity contribution in [3.8, 4) is 0 Å². The van der Waals surface area contributed by atoms with Gasteiger partial charge in [-0.1, -0.05) is 0 Å². The van der Waals surface area contributed by atoms with Gasteiger partial charge in [-0.2, -0.15) is 0 Å². The van der Waals surface area contributed by atoms with Crippen LogP contribution in [0.1, 0.15) is 24.2 Å². The van der Waals surface area contributed by atoms with Crippen LogP contribution in [0.15, 0.2) is 18.2 Å². The fourth-order valence-electron chi connectivity index (χ4n) is 2.31. The molecule has 1 heterocycles. The molecule has 1 saturated heterocycles. The molecule has 8 nitrogen and oxygen atoms in total. The minimum atomic E-state index is -0.574. The average Bonchev–Trinajstić information content (AvgIpc) is 2.44. The lowest BCUT2D eigenvalue weighted by Gasteiger charge is -2.38. The van der Waals surface area contributed by atoms with Crippen molar-refractivity contribution in [2.24, 2.45) is 5.84 Å². The predicted molar refractivity (Wildman–Crippen MR) is 76.8 cm³/mol. The molecule has 0 aromatic heterocycles. The number of carbonyl (C=O) groups is 1. The highest BCUT2D eigenvalue weighted by Crippen LogP contribution is 2.26. The molecule has 2 rings (SSSR count). The number of benzene rings is 1. The van der Waals surface area contributed by atoms with Crippen molar-refractivity contribution in [3.63, 3.8) is 0 Å². The molecule has 1 aromatic rings. The smallest absolute Gasteiger partial charge is 0.294 e. The fourth-order valence-corrected chi connectivity index (χ4v) is 2.31. The number of nitro benzene ring substituents is 1. The van der Waals surface area contributed by atoms with Gasteiger partial charge >= 0.3 is 0 Å². The first kappa shape index (κ1) is 15.2. The Morgan fingerprint density at radius 1 is 1.52 bits per heavy atom. The van der Waals surface area contributed by atoms with Crippen LogP contribution in [0.4, 0.5) is 11.4 Å². The Morgan fingerprint density at radius 2 is 2.24 bits per heavy atom. The lowest BCUT2D eigenvalue weighted by atomic mass is 10.1. The second-order valence-electron chi connectivity index (χ2n) is 5.47. The molecule has 21 heavy (non-hydrogen) atoms. The van der Waals surface area contributed by atoms with Crippen LogP contribution in [-0.4, -0.2) is 41.0 Å². The third-order valence-electron chi connectivity index (χ3n) is 3.31. The number of nitro groups is 1. The maximum atomic E-state index is 12.5. The van der Waals surface area contributed by atoms with Crippen molar-refractivity contribution in [2.75, 3.05) is 25.1 Å². The Hall–Kier alpha value is -2.19. The maximum Gasteiger partial charge on any atom is 0.294 e. The lowest BCUT2D eigenvalue weighted by molar-refractivity contribution is -0.384. The maximum absolute atomic E-state index is 12.5. The number of hydrazine groups is 1. The number of nitrogens with two attached hydrogens (primary N) is 1. The number of anilines is 1. The summed E-state index contributed by atoms with van der Waals surface area (Å²) in [6, 6.07) is 4.18. The molecule has 114 valence electrons. The van der Waals surface area contributed by atoms with Crippen LogP contribution in [0.5, 0.6) is 0 Å². The SMILES string of the molecule is CC1(C)CN(C(=O)c2ccc(NN)c([N+](=O)[O-])c2)CCO1. The number of nitrogen functional groups attached to an aromatic ring is 1. The van der Waals surface area contributed by atoms with Gasteiger partial charge in [0.1, 0.15) is 5.69 Å². The van der Waals surface area contributed by atoms with Gasteiger partial charge in [0.2, 0.25) is 0 Å². The van der Waals surface area contributed by atoms with Gasteiger partial charge in [0, 0.05) is 24.7 Å². The second-order valence-corrected chi connectivity index (χ2v) is 5.47. The van der Waals surface area contributed by atoms with Crippen molar-refractivity contribution >= 4 is 17.3 Å². The predicted octanol–water partition coefficient (Wildman–Crippen LogP) is 1.13. The molecule has 0 radical (unpaired) electrons. The van der Waals surface area contributed by atoms with Crippen molar-refractivity contribution in [2.45, 2.75) is 19.4 Å². The zero-order chi connectivity index (χ0) is 15.6. The summed E-state index contributed by atoms with van der Waals surface area (Å²) in [5.41, 5.74) is 2.03. The first-order valence-corrected chi connectivity index (χ1v) is 6.52. The first-order chi connectivity index (χ1) is 9.84. The van der Waals surface area contributed by atoms with Gasteiger partial charge in [0.25, 0.3) is 11.6 Å². The van der Waals surface area contributed by atoms with Crippen molar-refractivity contribution in [3.05, 3.63) is 33.9 Å². The van der Waals surface area contributed by atoms with E-state index in [2.05, 4.69) is 5.43 Å². The van der Waals surface area contributed by atoms with Crippen molar-refractivity contribution in [1.82, 2.24) is 4.90 Å². The van der Waals surface area contributed by atoms with Crippen molar-refractivity contribution in [1.29, 1.82) is 0 Å².